The van der Waals surface area contributed by atoms with Gasteiger partial charge in [0, 0.05) is 0 Å². The fourth-order valence-corrected chi connectivity index (χ4v) is 1.63. The Morgan fingerprint density at radius 2 is 1.65 bits per heavy atom. The van der Waals surface area contributed by atoms with E-state index in [0.717, 1.165) is 17.9 Å². The lowest BCUT2D eigenvalue weighted by Crippen LogP contribution is -2.23. The molecule has 1 unspecified atom stereocenters. The summed E-state index contributed by atoms with van der Waals surface area (Å²) in [5, 5.41) is 9.80. The van der Waals surface area contributed by atoms with Gasteiger partial charge in [0.15, 0.2) is 0 Å². The maximum absolute atomic E-state index is 9.80. The fraction of sp³-hybridized carbons (Fsp3) is 0.571. The van der Waals surface area contributed by atoms with E-state index in [4.69, 9.17) is 9.47 Å². The van der Waals surface area contributed by atoms with Crippen molar-refractivity contribution in [1.82, 2.24) is 0 Å². The van der Waals surface area contributed by atoms with Gasteiger partial charge in [-0.1, -0.05) is 20.8 Å². The van der Waals surface area contributed by atoms with Gasteiger partial charge < -0.3 is 14.6 Å². The largest absolute Gasteiger partial charge is 0.497 e. The second-order valence-electron chi connectivity index (χ2n) is 5.41. The van der Waals surface area contributed by atoms with Crippen LogP contribution < -0.4 is 9.47 Å². The van der Waals surface area contributed by atoms with E-state index in [1.807, 2.05) is 24.3 Å². The van der Waals surface area contributed by atoms with E-state index in [-0.39, 0.29) is 5.41 Å². The second-order valence-corrected chi connectivity index (χ2v) is 5.41. The predicted molar refractivity (Wildman–Crippen MR) is 68.6 cm³/mol. The van der Waals surface area contributed by atoms with Crippen LogP contribution in [-0.4, -0.2) is 24.9 Å². The Bertz CT molecular complexity index is 324. The van der Waals surface area contributed by atoms with Crippen molar-refractivity contribution >= 4 is 0 Å². The monoisotopic (exact) mass is 238 g/mol. The predicted octanol–water partition coefficient (Wildman–Crippen LogP) is 2.87. The maximum atomic E-state index is 9.80. The summed E-state index contributed by atoms with van der Waals surface area (Å²) < 4.78 is 10.6. The summed E-state index contributed by atoms with van der Waals surface area (Å²) in [5.74, 6) is 1.55. The molecule has 1 aromatic carbocycles. The van der Waals surface area contributed by atoms with E-state index in [9.17, 15) is 5.11 Å². The van der Waals surface area contributed by atoms with Crippen molar-refractivity contribution in [3.63, 3.8) is 0 Å². The van der Waals surface area contributed by atoms with Crippen LogP contribution in [0.1, 0.15) is 27.2 Å². The summed E-state index contributed by atoms with van der Waals surface area (Å²) in [6, 6.07) is 7.35. The highest BCUT2D eigenvalue weighted by molar-refractivity contribution is 5.31. The van der Waals surface area contributed by atoms with Crippen molar-refractivity contribution in [3.8, 4) is 11.5 Å². The highest BCUT2D eigenvalue weighted by atomic mass is 16.5. The summed E-state index contributed by atoms with van der Waals surface area (Å²) in [6.45, 7) is 6.63. The number of aliphatic hydroxyl groups excluding tert-OH is 1. The van der Waals surface area contributed by atoms with Crippen molar-refractivity contribution in [2.24, 2.45) is 5.41 Å². The Balaban J connectivity index is 2.39. The lowest BCUT2D eigenvalue weighted by atomic mass is 9.89. The normalized spacial score (nSPS) is 13.2. The zero-order valence-corrected chi connectivity index (χ0v) is 11.1. The van der Waals surface area contributed by atoms with Gasteiger partial charge in [-0.3, -0.25) is 0 Å². The lowest BCUT2D eigenvalue weighted by molar-refractivity contribution is 0.0710. The van der Waals surface area contributed by atoms with Crippen molar-refractivity contribution in [2.45, 2.75) is 33.3 Å². The fourth-order valence-electron chi connectivity index (χ4n) is 1.63. The molecule has 0 saturated carbocycles. The molecule has 3 heteroatoms. The smallest absolute Gasteiger partial charge is 0.119 e. The molecule has 17 heavy (non-hydrogen) atoms. The molecule has 0 fully saturated rings. The van der Waals surface area contributed by atoms with Gasteiger partial charge in [0.1, 0.15) is 18.1 Å². The molecule has 0 aliphatic carbocycles. The Hall–Kier alpha value is -1.22. The van der Waals surface area contributed by atoms with Crippen LogP contribution in [0.15, 0.2) is 24.3 Å². The molecule has 0 aliphatic heterocycles. The van der Waals surface area contributed by atoms with Crippen LogP contribution >= 0.6 is 0 Å². The van der Waals surface area contributed by atoms with Gasteiger partial charge in [-0.15, -0.1) is 0 Å². The van der Waals surface area contributed by atoms with E-state index in [1.54, 1.807) is 7.11 Å². The Morgan fingerprint density at radius 1 is 1.12 bits per heavy atom. The molecule has 1 rings (SSSR count). The minimum Gasteiger partial charge on any atom is -0.497 e. The molecule has 0 bridgehead atoms. The Morgan fingerprint density at radius 3 is 2.12 bits per heavy atom. The van der Waals surface area contributed by atoms with E-state index >= 15 is 0 Å². The van der Waals surface area contributed by atoms with Crippen LogP contribution in [0.5, 0.6) is 11.5 Å². The van der Waals surface area contributed by atoms with Gasteiger partial charge in [0.2, 0.25) is 0 Å². The van der Waals surface area contributed by atoms with Crippen molar-refractivity contribution in [1.29, 1.82) is 0 Å². The summed E-state index contributed by atoms with van der Waals surface area (Å²) in [5.41, 5.74) is 0.114. The number of rotatable bonds is 5. The van der Waals surface area contributed by atoms with Gasteiger partial charge in [0.25, 0.3) is 0 Å². The van der Waals surface area contributed by atoms with Crippen molar-refractivity contribution in [3.05, 3.63) is 24.3 Å². The SMILES string of the molecule is COc1ccc(OCC(O)CC(C)(C)C)cc1. The zero-order valence-electron chi connectivity index (χ0n) is 11.1. The van der Waals surface area contributed by atoms with Gasteiger partial charge >= 0.3 is 0 Å². The zero-order chi connectivity index (χ0) is 12.9. The van der Waals surface area contributed by atoms with E-state index in [0.29, 0.717) is 6.61 Å². The Labute approximate surface area is 103 Å². The first-order valence-electron chi connectivity index (χ1n) is 5.85. The minimum absolute atomic E-state index is 0.114. The maximum Gasteiger partial charge on any atom is 0.119 e. The van der Waals surface area contributed by atoms with Crippen molar-refractivity contribution in [2.75, 3.05) is 13.7 Å². The molecule has 1 N–H and O–H groups in total. The summed E-state index contributed by atoms with van der Waals surface area (Å²) in [6.07, 6.45) is 0.292. The van der Waals surface area contributed by atoms with E-state index in [1.165, 1.54) is 0 Å². The highest BCUT2D eigenvalue weighted by Gasteiger charge is 2.17. The molecule has 0 amide bonds. The van der Waals surface area contributed by atoms with Crippen LogP contribution in [0, 0.1) is 5.41 Å². The van der Waals surface area contributed by atoms with Gasteiger partial charge in [-0.2, -0.15) is 0 Å². The van der Waals surface area contributed by atoms with Crippen LogP contribution in [0.25, 0.3) is 0 Å². The van der Waals surface area contributed by atoms with E-state index < -0.39 is 6.10 Å². The molecule has 0 heterocycles. The molecular weight excluding hydrogens is 216 g/mol. The summed E-state index contributed by atoms with van der Waals surface area (Å²) in [4.78, 5) is 0. The summed E-state index contributed by atoms with van der Waals surface area (Å²) in [7, 11) is 1.63. The molecule has 1 aromatic rings. The summed E-state index contributed by atoms with van der Waals surface area (Å²) >= 11 is 0. The van der Waals surface area contributed by atoms with Gasteiger partial charge in [-0.05, 0) is 36.1 Å². The molecule has 0 aliphatic rings. The average Bonchev–Trinajstić information content (AvgIpc) is 2.25. The third-order valence-electron chi connectivity index (χ3n) is 2.35. The highest BCUT2D eigenvalue weighted by Crippen LogP contribution is 2.22. The first-order chi connectivity index (χ1) is 7.90. The number of benzene rings is 1. The molecule has 0 radical (unpaired) electrons. The quantitative estimate of drug-likeness (QED) is 0.857. The molecule has 0 spiro atoms. The standard InChI is InChI=1S/C14H22O3/c1-14(2,3)9-11(15)10-17-13-7-5-12(16-4)6-8-13/h5-8,11,15H,9-10H2,1-4H3. The average molecular weight is 238 g/mol. The second kappa shape index (κ2) is 5.92. The minimum atomic E-state index is -0.433. The molecule has 0 aromatic heterocycles. The van der Waals surface area contributed by atoms with Gasteiger partial charge in [-0.25, -0.2) is 0 Å². The number of hydrogen-bond donors (Lipinski definition) is 1. The topological polar surface area (TPSA) is 38.7 Å². The number of hydrogen-bond acceptors (Lipinski definition) is 3. The van der Waals surface area contributed by atoms with Gasteiger partial charge in [0.05, 0.1) is 13.2 Å². The number of ether oxygens (including phenoxy) is 2. The Kier molecular flexibility index (Phi) is 4.82. The van der Waals surface area contributed by atoms with Crippen LogP contribution in [-0.2, 0) is 0 Å². The third-order valence-corrected chi connectivity index (χ3v) is 2.35. The first-order valence-corrected chi connectivity index (χ1v) is 5.85. The van der Waals surface area contributed by atoms with Crippen LogP contribution in [0.3, 0.4) is 0 Å². The lowest BCUT2D eigenvalue weighted by Gasteiger charge is -2.22. The molecular formula is C14H22O3. The third kappa shape index (κ3) is 5.59. The molecule has 1 atom stereocenters. The number of aliphatic hydroxyl groups is 1. The van der Waals surface area contributed by atoms with Crippen LogP contribution in [0.2, 0.25) is 0 Å². The molecule has 3 nitrogen and oxygen atoms in total. The molecule has 96 valence electrons. The first kappa shape index (κ1) is 13.8. The van der Waals surface area contributed by atoms with E-state index in [2.05, 4.69) is 20.8 Å². The number of methoxy groups -OCH3 is 1. The molecule has 0 saturated heterocycles. The van der Waals surface area contributed by atoms with Crippen LogP contribution in [0.4, 0.5) is 0 Å². The van der Waals surface area contributed by atoms with Crippen molar-refractivity contribution < 1.29 is 14.6 Å².